The lowest BCUT2D eigenvalue weighted by atomic mass is 10.0. The average molecular weight is 259 g/mol. The Morgan fingerprint density at radius 2 is 2.35 bits per heavy atom. The van der Waals surface area contributed by atoms with Crippen molar-refractivity contribution in [2.75, 3.05) is 32.2 Å². The third-order valence-corrected chi connectivity index (χ3v) is 2.74. The molecule has 7 heteroatoms. The molecular formula is C10H15ClN4O2. The van der Waals surface area contributed by atoms with Gasteiger partial charge in [0.1, 0.15) is 0 Å². The molecule has 1 unspecified atom stereocenters. The summed E-state index contributed by atoms with van der Waals surface area (Å²) in [6.45, 7) is 2.41. The second kappa shape index (κ2) is 5.97. The predicted molar refractivity (Wildman–Crippen MR) is 63.4 cm³/mol. The molecule has 2 rings (SSSR count). The molecule has 2 heterocycles. The van der Waals surface area contributed by atoms with Gasteiger partial charge in [-0.25, -0.2) is 0 Å². The van der Waals surface area contributed by atoms with E-state index in [2.05, 4.69) is 20.3 Å². The maximum Gasteiger partial charge on any atom is 0.322 e. The summed E-state index contributed by atoms with van der Waals surface area (Å²) in [5.74, 6) is 0.928. The minimum Gasteiger partial charge on any atom is -0.467 e. The standard InChI is InChI=1S/C10H15ClN4O2/c1-16-10-14-8(11)13-9(15-10)12-5-7-3-2-4-17-6-7/h7H,2-6H2,1H3,(H,12,13,14,15). The Labute approximate surface area is 105 Å². The number of hydrogen-bond donors (Lipinski definition) is 1. The molecule has 0 aliphatic carbocycles. The molecule has 1 aromatic heterocycles. The highest BCUT2D eigenvalue weighted by Crippen LogP contribution is 2.15. The SMILES string of the molecule is COc1nc(Cl)nc(NCC2CCCOC2)n1. The molecule has 0 radical (unpaired) electrons. The van der Waals surface area contributed by atoms with Crippen molar-refractivity contribution in [2.45, 2.75) is 12.8 Å². The third-order valence-electron chi connectivity index (χ3n) is 2.57. The lowest BCUT2D eigenvalue weighted by molar-refractivity contribution is 0.0594. The first-order chi connectivity index (χ1) is 8.28. The van der Waals surface area contributed by atoms with Gasteiger partial charge in [0.05, 0.1) is 13.7 Å². The second-order valence-corrected chi connectivity index (χ2v) is 4.22. The van der Waals surface area contributed by atoms with Crippen LogP contribution in [0.5, 0.6) is 6.01 Å². The number of anilines is 1. The molecule has 1 aliphatic rings. The molecule has 6 nitrogen and oxygen atoms in total. The van der Waals surface area contributed by atoms with Gasteiger partial charge in [-0.3, -0.25) is 0 Å². The first-order valence-corrected chi connectivity index (χ1v) is 5.93. The van der Waals surface area contributed by atoms with E-state index in [-0.39, 0.29) is 11.3 Å². The van der Waals surface area contributed by atoms with E-state index < -0.39 is 0 Å². The fourth-order valence-electron chi connectivity index (χ4n) is 1.71. The van der Waals surface area contributed by atoms with Gasteiger partial charge >= 0.3 is 6.01 Å². The van der Waals surface area contributed by atoms with Crippen LogP contribution in [-0.4, -0.2) is 41.8 Å². The van der Waals surface area contributed by atoms with Crippen LogP contribution in [-0.2, 0) is 4.74 Å². The third kappa shape index (κ3) is 3.67. The van der Waals surface area contributed by atoms with Crippen LogP contribution in [0.3, 0.4) is 0 Å². The van der Waals surface area contributed by atoms with Gasteiger partial charge in [-0.15, -0.1) is 0 Å². The van der Waals surface area contributed by atoms with Crippen LogP contribution >= 0.6 is 11.6 Å². The van der Waals surface area contributed by atoms with Crippen molar-refractivity contribution in [2.24, 2.45) is 5.92 Å². The van der Waals surface area contributed by atoms with Crippen molar-refractivity contribution in [3.05, 3.63) is 5.28 Å². The van der Waals surface area contributed by atoms with E-state index >= 15 is 0 Å². The Kier molecular flexibility index (Phi) is 4.33. The minimum atomic E-state index is 0.124. The molecule has 94 valence electrons. The summed E-state index contributed by atoms with van der Waals surface area (Å²) >= 11 is 5.74. The minimum absolute atomic E-state index is 0.124. The maximum atomic E-state index is 5.74. The molecule has 1 fully saturated rings. The number of rotatable bonds is 4. The van der Waals surface area contributed by atoms with Gasteiger partial charge in [-0.1, -0.05) is 0 Å². The number of aromatic nitrogens is 3. The van der Waals surface area contributed by atoms with Crippen LogP contribution in [0.2, 0.25) is 5.28 Å². The van der Waals surface area contributed by atoms with E-state index in [9.17, 15) is 0 Å². The Morgan fingerprint density at radius 3 is 3.06 bits per heavy atom. The molecule has 1 aromatic rings. The van der Waals surface area contributed by atoms with Crippen molar-refractivity contribution < 1.29 is 9.47 Å². The zero-order chi connectivity index (χ0) is 12.1. The fraction of sp³-hybridized carbons (Fsp3) is 0.700. The molecule has 1 N–H and O–H groups in total. The molecule has 0 bridgehead atoms. The van der Waals surface area contributed by atoms with Crippen molar-refractivity contribution in [3.63, 3.8) is 0 Å². The lowest BCUT2D eigenvalue weighted by Crippen LogP contribution is -2.25. The molecule has 1 aliphatic heterocycles. The van der Waals surface area contributed by atoms with Crippen LogP contribution in [0.4, 0.5) is 5.95 Å². The fourth-order valence-corrected chi connectivity index (χ4v) is 1.86. The van der Waals surface area contributed by atoms with Crippen LogP contribution in [0.15, 0.2) is 0 Å². The van der Waals surface area contributed by atoms with Gasteiger partial charge < -0.3 is 14.8 Å². The summed E-state index contributed by atoms with van der Waals surface area (Å²) in [4.78, 5) is 11.8. The zero-order valence-electron chi connectivity index (χ0n) is 9.65. The van der Waals surface area contributed by atoms with E-state index in [1.54, 1.807) is 0 Å². The van der Waals surface area contributed by atoms with Crippen LogP contribution < -0.4 is 10.1 Å². The van der Waals surface area contributed by atoms with Crippen molar-refractivity contribution in [1.29, 1.82) is 0 Å². The van der Waals surface area contributed by atoms with Crippen molar-refractivity contribution in [3.8, 4) is 6.01 Å². The van der Waals surface area contributed by atoms with Gasteiger partial charge in [-0.05, 0) is 30.4 Å². The van der Waals surface area contributed by atoms with Gasteiger partial charge in [-0.2, -0.15) is 15.0 Å². The summed E-state index contributed by atoms with van der Waals surface area (Å²) in [5, 5.41) is 3.25. The number of halogens is 1. The first kappa shape index (κ1) is 12.3. The molecule has 0 spiro atoms. The van der Waals surface area contributed by atoms with E-state index in [1.807, 2.05) is 0 Å². The van der Waals surface area contributed by atoms with Crippen molar-refractivity contribution in [1.82, 2.24) is 15.0 Å². The highest BCUT2D eigenvalue weighted by molar-refractivity contribution is 6.28. The molecule has 1 saturated heterocycles. The number of nitrogens with zero attached hydrogens (tertiary/aromatic N) is 3. The number of ether oxygens (including phenoxy) is 2. The molecule has 0 aromatic carbocycles. The molecule has 17 heavy (non-hydrogen) atoms. The van der Waals surface area contributed by atoms with Crippen molar-refractivity contribution >= 4 is 17.5 Å². The van der Waals surface area contributed by atoms with E-state index in [0.29, 0.717) is 11.9 Å². The largest absolute Gasteiger partial charge is 0.467 e. The highest BCUT2D eigenvalue weighted by atomic mass is 35.5. The van der Waals surface area contributed by atoms with E-state index in [0.717, 1.165) is 32.6 Å². The summed E-state index contributed by atoms with van der Waals surface area (Å²) < 4.78 is 10.3. The quantitative estimate of drug-likeness (QED) is 0.880. The van der Waals surface area contributed by atoms with E-state index in [1.165, 1.54) is 7.11 Å². The van der Waals surface area contributed by atoms with Gasteiger partial charge in [0.25, 0.3) is 0 Å². The second-order valence-electron chi connectivity index (χ2n) is 3.88. The topological polar surface area (TPSA) is 69.2 Å². The Morgan fingerprint density at radius 1 is 1.47 bits per heavy atom. The van der Waals surface area contributed by atoms with Crippen LogP contribution in [0.1, 0.15) is 12.8 Å². The van der Waals surface area contributed by atoms with Crippen LogP contribution in [0.25, 0.3) is 0 Å². The summed E-state index contributed by atoms with van der Waals surface area (Å²) in [5.41, 5.74) is 0. The number of hydrogen-bond acceptors (Lipinski definition) is 6. The molecule has 0 saturated carbocycles. The Hall–Kier alpha value is -1.14. The van der Waals surface area contributed by atoms with Gasteiger partial charge in [0.2, 0.25) is 11.2 Å². The number of methoxy groups -OCH3 is 1. The molecule has 0 amide bonds. The monoisotopic (exact) mass is 258 g/mol. The normalized spacial score (nSPS) is 20.0. The average Bonchev–Trinajstić information content (AvgIpc) is 2.37. The lowest BCUT2D eigenvalue weighted by Gasteiger charge is -2.22. The number of nitrogens with one attached hydrogen (secondary N) is 1. The Balaban J connectivity index is 1.91. The zero-order valence-corrected chi connectivity index (χ0v) is 10.4. The van der Waals surface area contributed by atoms with E-state index in [4.69, 9.17) is 21.1 Å². The smallest absolute Gasteiger partial charge is 0.322 e. The maximum absolute atomic E-state index is 5.74. The summed E-state index contributed by atoms with van der Waals surface area (Å²) in [6, 6.07) is 0.215. The van der Waals surface area contributed by atoms with Gasteiger partial charge in [0.15, 0.2) is 0 Å². The predicted octanol–water partition coefficient (Wildman–Crippen LogP) is 1.37. The molecule has 1 atom stereocenters. The Bertz CT molecular complexity index is 371. The highest BCUT2D eigenvalue weighted by Gasteiger charge is 2.14. The van der Waals surface area contributed by atoms with Crippen LogP contribution in [0, 0.1) is 5.92 Å². The van der Waals surface area contributed by atoms with Gasteiger partial charge in [0, 0.05) is 13.2 Å². The summed E-state index contributed by atoms with van der Waals surface area (Å²) in [6.07, 6.45) is 2.26. The first-order valence-electron chi connectivity index (χ1n) is 5.55. The summed E-state index contributed by atoms with van der Waals surface area (Å²) in [7, 11) is 1.49. The molecular weight excluding hydrogens is 244 g/mol.